The summed E-state index contributed by atoms with van der Waals surface area (Å²) >= 11 is 0. The fourth-order valence-electron chi connectivity index (χ4n) is 1.79. The lowest BCUT2D eigenvalue weighted by Crippen LogP contribution is -2.28. The van der Waals surface area contributed by atoms with E-state index < -0.39 is 9.53 Å². The minimum absolute atomic E-state index is 0.381. The second kappa shape index (κ2) is 13.7. The van der Waals surface area contributed by atoms with Crippen LogP contribution in [0.2, 0.25) is 0 Å². The monoisotopic (exact) mass is 320 g/mol. The Kier molecular flexibility index (Phi) is 12.4. The largest absolute Gasteiger partial charge is 0.484 e. The maximum Gasteiger partial charge on any atom is 0.484 e. The third-order valence-electron chi connectivity index (χ3n) is 3.06. The smallest absolute Gasteiger partial charge is 0.379 e. The van der Waals surface area contributed by atoms with Crippen LogP contribution in [0.1, 0.15) is 52.4 Å². The standard InChI is InChI=1S/C15H32O5Si/c1-3-9-18-21(19-10-4-2)20-12-8-6-5-7-11-16-13-15-14-17-15/h15,21H,3-14H2,1-2H3. The fourth-order valence-corrected chi connectivity index (χ4v) is 3.29. The molecule has 1 heterocycles. The van der Waals surface area contributed by atoms with E-state index in [0.29, 0.717) is 6.10 Å². The first-order chi connectivity index (χ1) is 10.4. The van der Waals surface area contributed by atoms with Crippen LogP contribution in [0, 0.1) is 0 Å². The molecule has 0 aliphatic carbocycles. The molecule has 0 saturated carbocycles. The molecule has 1 saturated heterocycles. The van der Waals surface area contributed by atoms with Gasteiger partial charge in [0.2, 0.25) is 0 Å². The van der Waals surface area contributed by atoms with Crippen molar-refractivity contribution in [3.05, 3.63) is 0 Å². The minimum atomic E-state index is -1.88. The highest BCUT2D eigenvalue weighted by Crippen LogP contribution is 2.09. The first-order valence-corrected chi connectivity index (χ1v) is 9.82. The number of hydrogen-bond donors (Lipinski definition) is 0. The van der Waals surface area contributed by atoms with E-state index in [2.05, 4.69) is 13.8 Å². The zero-order valence-electron chi connectivity index (χ0n) is 13.7. The molecule has 0 aromatic rings. The molecule has 1 rings (SSSR count). The van der Waals surface area contributed by atoms with Gasteiger partial charge in [-0.05, 0) is 25.7 Å². The molecule has 0 spiro atoms. The lowest BCUT2D eigenvalue weighted by atomic mass is 10.2. The summed E-state index contributed by atoms with van der Waals surface area (Å²) in [5.74, 6) is 0. The molecule has 1 atom stereocenters. The molecule has 0 N–H and O–H groups in total. The molecule has 1 fully saturated rings. The molecule has 1 unspecified atom stereocenters. The van der Waals surface area contributed by atoms with Crippen LogP contribution in [-0.4, -0.2) is 55.3 Å². The number of epoxide rings is 1. The lowest BCUT2D eigenvalue weighted by molar-refractivity contribution is 0.0907. The van der Waals surface area contributed by atoms with Crippen molar-refractivity contribution in [3.8, 4) is 0 Å². The van der Waals surface area contributed by atoms with Crippen LogP contribution in [0.5, 0.6) is 0 Å². The number of ether oxygens (including phenoxy) is 2. The van der Waals surface area contributed by atoms with Crippen molar-refractivity contribution >= 4 is 9.53 Å². The molecule has 1 aliphatic heterocycles. The van der Waals surface area contributed by atoms with Crippen LogP contribution in [0.15, 0.2) is 0 Å². The highest BCUT2D eigenvalue weighted by atomic mass is 28.3. The molecule has 6 heteroatoms. The van der Waals surface area contributed by atoms with Gasteiger partial charge in [0.05, 0.1) is 13.2 Å². The van der Waals surface area contributed by atoms with Crippen LogP contribution in [0.4, 0.5) is 0 Å². The van der Waals surface area contributed by atoms with Crippen LogP contribution in [0.25, 0.3) is 0 Å². The van der Waals surface area contributed by atoms with Crippen LogP contribution in [-0.2, 0) is 22.8 Å². The highest BCUT2D eigenvalue weighted by Gasteiger charge is 2.21. The van der Waals surface area contributed by atoms with Crippen LogP contribution >= 0.6 is 0 Å². The van der Waals surface area contributed by atoms with Gasteiger partial charge in [-0.1, -0.05) is 26.7 Å². The van der Waals surface area contributed by atoms with Gasteiger partial charge in [0.15, 0.2) is 0 Å². The van der Waals surface area contributed by atoms with Crippen molar-refractivity contribution < 1.29 is 22.8 Å². The number of unbranched alkanes of at least 4 members (excludes halogenated alkanes) is 3. The minimum Gasteiger partial charge on any atom is -0.379 e. The molecule has 126 valence electrons. The first-order valence-electron chi connectivity index (χ1n) is 8.41. The van der Waals surface area contributed by atoms with Gasteiger partial charge in [0, 0.05) is 26.4 Å². The molecular weight excluding hydrogens is 288 g/mol. The van der Waals surface area contributed by atoms with Crippen molar-refractivity contribution in [3.63, 3.8) is 0 Å². The van der Waals surface area contributed by atoms with E-state index in [1.165, 1.54) is 12.8 Å². The number of hydrogen-bond acceptors (Lipinski definition) is 5. The van der Waals surface area contributed by atoms with Gasteiger partial charge in [-0.3, -0.25) is 0 Å². The Morgan fingerprint density at radius 2 is 1.43 bits per heavy atom. The Bertz CT molecular complexity index is 218. The summed E-state index contributed by atoms with van der Waals surface area (Å²) in [5, 5.41) is 0. The predicted octanol–water partition coefficient (Wildman–Crippen LogP) is 2.55. The zero-order valence-corrected chi connectivity index (χ0v) is 14.8. The van der Waals surface area contributed by atoms with E-state index in [-0.39, 0.29) is 0 Å². The fraction of sp³-hybridized carbons (Fsp3) is 1.00. The summed E-state index contributed by atoms with van der Waals surface area (Å²) in [6.45, 7) is 8.91. The topological polar surface area (TPSA) is 49.5 Å². The quantitative estimate of drug-likeness (QED) is 0.248. The SMILES string of the molecule is CCCO[SiH](OCCC)OCCCCCCOCC1CO1. The van der Waals surface area contributed by atoms with Crippen molar-refractivity contribution in [1.29, 1.82) is 0 Å². The molecule has 21 heavy (non-hydrogen) atoms. The summed E-state index contributed by atoms with van der Waals surface area (Å²) in [4.78, 5) is 0. The molecule has 5 nitrogen and oxygen atoms in total. The molecule has 1 aliphatic rings. The summed E-state index contributed by atoms with van der Waals surface area (Å²) in [7, 11) is -1.88. The summed E-state index contributed by atoms with van der Waals surface area (Å²) in [5.41, 5.74) is 0. The van der Waals surface area contributed by atoms with Gasteiger partial charge in [-0.25, -0.2) is 0 Å². The highest BCUT2D eigenvalue weighted by molar-refractivity contribution is 6.36. The van der Waals surface area contributed by atoms with Crippen molar-refractivity contribution in [1.82, 2.24) is 0 Å². The first kappa shape index (κ1) is 19.1. The van der Waals surface area contributed by atoms with Crippen LogP contribution in [0.3, 0.4) is 0 Å². The van der Waals surface area contributed by atoms with E-state index >= 15 is 0 Å². The Balaban J connectivity index is 1.84. The van der Waals surface area contributed by atoms with Gasteiger partial charge in [-0.2, -0.15) is 0 Å². The van der Waals surface area contributed by atoms with Gasteiger partial charge >= 0.3 is 9.53 Å². The Hall–Kier alpha value is 0.0169. The average Bonchev–Trinajstić information content (AvgIpc) is 3.31. The molecule has 0 amide bonds. The summed E-state index contributed by atoms with van der Waals surface area (Å²) < 4.78 is 27.6. The van der Waals surface area contributed by atoms with E-state index in [4.69, 9.17) is 22.8 Å². The van der Waals surface area contributed by atoms with E-state index in [1.807, 2.05) is 0 Å². The third-order valence-corrected chi connectivity index (χ3v) is 4.58. The van der Waals surface area contributed by atoms with Crippen LogP contribution < -0.4 is 0 Å². The molecule has 0 aromatic carbocycles. The van der Waals surface area contributed by atoms with E-state index in [0.717, 1.165) is 65.3 Å². The second-order valence-electron chi connectivity index (χ2n) is 5.35. The van der Waals surface area contributed by atoms with Gasteiger partial charge < -0.3 is 22.8 Å². The Morgan fingerprint density at radius 3 is 2.00 bits per heavy atom. The predicted molar refractivity (Wildman–Crippen MR) is 84.6 cm³/mol. The maximum absolute atomic E-state index is 5.76. The average molecular weight is 321 g/mol. The van der Waals surface area contributed by atoms with Crippen molar-refractivity contribution in [2.75, 3.05) is 39.6 Å². The normalized spacial score (nSPS) is 17.6. The Morgan fingerprint density at radius 1 is 0.857 bits per heavy atom. The van der Waals surface area contributed by atoms with E-state index in [9.17, 15) is 0 Å². The maximum atomic E-state index is 5.76. The van der Waals surface area contributed by atoms with Gasteiger partial charge in [0.25, 0.3) is 0 Å². The summed E-state index contributed by atoms with van der Waals surface area (Å²) in [6, 6.07) is 0. The number of rotatable bonds is 16. The zero-order chi connectivity index (χ0) is 15.2. The third kappa shape index (κ3) is 12.3. The molecule has 0 bridgehead atoms. The lowest BCUT2D eigenvalue weighted by Gasteiger charge is -2.16. The molecular formula is C15H32O5Si. The van der Waals surface area contributed by atoms with Gasteiger partial charge in [0.1, 0.15) is 6.10 Å². The van der Waals surface area contributed by atoms with E-state index in [1.54, 1.807) is 0 Å². The molecule has 0 radical (unpaired) electrons. The molecule has 0 aromatic heterocycles. The van der Waals surface area contributed by atoms with Crippen molar-refractivity contribution in [2.45, 2.75) is 58.5 Å². The summed E-state index contributed by atoms with van der Waals surface area (Å²) in [6.07, 6.45) is 6.94. The van der Waals surface area contributed by atoms with Crippen molar-refractivity contribution in [2.24, 2.45) is 0 Å². The Labute approximate surface area is 131 Å². The van der Waals surface area contributed by atoms with Gasteiger partial charge in [-0.15, -0.1) is 0 Å². The second-order valence-corrected chi connectivity index (χ2v) is 6.92.